The van der Waals surface area contributed by atoms with Crippen molar-refractivity contribution in [2.24, 2.45) is 10.4 Å². The molecule has 2 aromatic rings. The Kier molecular flexibility index (Phi) is 6.51. The summed E-state index contributed by atoms with van der Waals surface area (Å²) in [5.41, 5.74) is 4.27. The molecule has 2 aromatic carbocycles. The normalized spacial score (nSPS) is 18.0. The zero-order valence-corrected chi connectivity index (χ0v) is 19.3. The molecule has 1 aliphatic heterocycles. The molecule has 1 spiro atoms. The van der Waals surface area contributed by atoms with Crippen molar-refractivity contribution in [1.29, 1.82) is 0 Å². The van der Waals surface area contributed by atoms with Crippen LogP contribution in [-0.2, 0) is 22.6 Å². The fourth-order valence-corrected chi connectivity index (χ4v) is 5.12. The van der Waals surface area contributed by atoms with Crippen LogP contribution in [0.2, 0.25) is 5.02 Å². The number of rotatable bonds is 4. The number of hydrogen-bond donors (Lipinski definition) is 3. The van der Waals surface area contributed by atoms with Crippen LogP contribution in [0.25, 0.3) is 0 Å². The van der Waals surface area contributed by atoms with E-state index in [0.717, 1.165) is 60.4 Å². The van der Waals surface area contributed by atoms with E-state index in [2.05, 4.69) is 16.0 Å². The van der Waals surface area contributed by atoms with Gasteiger partial charge in [0.1, 0.15) is 5.84 Å². The molecule has 0 radical (unpaired) electrons. The third-order valence-corrected chi connectivity index (χ3v) is 6.55. The van der Waals surface area contributed by atoms with E-state index in [4.69, 9.17) is 16.6 Å². The third kappa shape index (κ3) is 4.80. The van der Waals surface area contributed by atoms with Crippen LogP contribution in [0.3, 0.4) is 0 Å². The molecule has 6 nitrogen and oxygen atoms in total. The molecule has 32 heavy (non-hydrogen) atoms. The van der Waals surface area contributed by atoms with Crippen molar-refractivity contribution in [3.8, 4) is 0 Å². The first-order valence-corrected chi connectivity index (χ1v) is 11.5. The van der Waals surface area contributed by atoms with E-state index in [-0.39, 0.29) is 17.2 Å². The van der Waals surface area contributed by atoms with Gasteiger partial charge < -0.3 is 16.0 Å². The lowest BCUT2D eigenvalue weighted by atomic mass is 9.67. The SMILES string of the molecule is CC(=O)Nc1ccc(NC(C)=O)c2c1CC1(CCCCC1)C(=NCc1cccc(Cl)c1)N2. The van der Waals surface area contributed by atoms with Gasteiger partial charge in [-0.2, -0.15) is 0 Å². The Morgan fingerprint density at radius 3 is 2.41 bits per heavy atom. The summed E-state index contributed by atoms with van der Waals surface area (Å²) in [5.74, 6) is 0.700. The second kappa shape index (κ2) is 9.33. The summed E-state index contributed by atoms with van der Waals surface area (Å²) in [4.78, 5) is 28.7. The highest BCUT2D eigenvalue weighted by atomic mass is 35.5. The van der Waals surface area contributed by atoms with Gasteiger partial charge in [0.15, 0.2) is 0 Å². The first-order valence-electron chi connectivity index (χ1n) is 11.1. The summed E-state index contributed by atoms with van der Waals surface area (Å²) in [6.45, 7) is 3.53. The van der Waals surface area contributed by atoms with E-state index in [9.17, 15) is 9.59 Å². The van der Waals surface area contributed by atoms with Crippen LogP contribution in [-0.4, -0.2) is 17.6 Å². The van der Waals surface area contributed by atoms with Gasteiger partial charge in [-0.25, -0.2) is 0 Å². The summed E-state index contributed by atoms with van der Waals surface area (Å²) in [6.07, 6.45) is 6.37. The van der Waals surface area contributed by atoms with Crippen molar-refractivity contribution in [1.82, 2.24) is 0 Å². The number of anilines is 3. The van der Waals surface area contributed by atoms with E-state index in [1.165, 1.54) is 20.3 Å². The van der Waals surface area contributed by atoms with Gasteiger partial charge in [0, 0.05) is 35.5 Å². The number of nitrogens with zero attached hydrogens (tertiary/aromatic N) is 1. The zero-order chi connectivity index (χ0) is 22.7. The summed E-state index contributed by atoms with van der Waals surface area (Å²) in [5, 5.41) is 10.2. The Morgan fingerprint density at radius 1 is 1.03 bits per heavy atom. The van der Waals surface area contributed by atoms with Crippen LogP contribution in [0, 0.1) is 5.41 Å². The number of nitrogens with one attached hydrogen (secondary N) is 3. The van der Waals surface area contributed by atoms with E-state index >= 15 is 0 Å². The van der Waals surface area contributed by atoms with Crippen molar-refractivity contribution in [2.45, 2.75) is 58.9 Å². The molecule has 3 N–H and O–H groups in total. The second-order valence-corrected chi connectivity index (χ2v) is 9.25. The molecular weight excluding hydrogens is 424 g/mol. The van der Waals surface area contributed by atoms with E-state index < -0.39 is 0 Å². The molecular formula is C25H29ClN4O2. The lowest BCUT2D eigenvalue weighted by Gasteiger charge is -2.43. The summed E-state index contributed by atoms with van der Waals surface area (Å²) >= 11 is 6.16. The minimum absolute atomic E-state index is 0.105. The minimum atomic E-state index is -0.142. The summed E-state index contributed by atoms with van der Waals surface area (Å²) < 4.78 is 0. The molecule has 2 aliphatic rings. The predicted molar refractivity (Wildman–Crippen MR) is 130 cm³/mol. The van der Waals surface area contributed by atoms with Gasteiger partial charge in [-0.3, -0.25) is 14.6 Å². The average Bonchev–Trinajstić information content (AvgIpc) is 2.74. The largest absolute Gasteiger partial charge is 0.342 e. The Balaban J connectivity index is 1.78. The highest BCUT2D eigenvalue weighted by molar-refractivity contribution is 6.30. The standard InChI is InChI=1S/C25H29ClN4O2/c1-16(31)28-21-9-10-22(29-17(2)32)23-20(21)14-25(11-4-3-5-12-25)24(30-23)27-15-18-7-6-8-19(26)13-18/h6-10,13H,3-5,11-12,14-15H2,1-2H3,(H,27,30)(H,28,31)(H,29,32). The molecule has 2 amide bonds. The predicted octanol–water partition coefficient (Wildman–Crippen LogP) is 5.77. The maximum atomic E-state index is 11.8. The molecule has 0 atom stereocenters. The van der Waals surface area contributed by atoms with E-state index in [0.29, 0.717) is 17.3 Å². The number of hydrogen-bond acceptors (Lipinski definition) is 3. The number of carbonyl (C=O) groups excluding carboxylic acids is 2. The van der Waals surface area contributed by atoms with Crippen LogP contribution in [0.5, 0.6) is 0 Å². The third-order valence-electron chi connectivity index (χ3n) is 6.31. The molecule has 4 rings (SSSR count). The summed E-state index contributed by atoms with van der Waals surface area (Å²) in [6, 6.07) is 11.5. The van der Waals surface area contributed by atoms with Crippen molar-refractivity contribution in [3.63, 3.8) is 0 Å². The fourth-order valence-electron chi connectivity index (χ4n) is 4.90. The average molecular weight is 453 g/mol. The quantitative estimate of drug-likeness (QED) is 0.550. The van der Waals surface area contributed by atoms with Crippen molar-refractivity contribution >= 4 is 46.3 Å². The van der Waals surface area contributed by atoms with Crippen LogP contribution in [0.1, 0.15) is 57.1 Å². The summed E-state index contributed by atoms with van der Waals surface area (Å²) in [7, 11) is 0. The highest BCUT2D eigenvalue weighted by Gasteiger charge is 2.42. The maximum Gasteiger partial charge on any atom is 0.221 e. The zero-order valence-electron chi connectivity index (χ0n) is 18.6. The smallest absolute Gasteiger partial charge is 0.221 e. The molecule has 7 heteroatoms. The number of fused-ring (bicyclic) bond motifs is 1. The Hall–Kier alpha value is -2.86. The maximum absolute atomic E-state index is 11.8. The Morgan fingerprint density at radius 2 is 1.72 bits per heavy atom. The van der Waals surface area contributed by atoms with Gasteiger partial charge in [0.25, 0.3) is 0 Å². The number of carbonyl (C=O) groups is 2. The molecule has 1 fully saturated rings. The van der Waals surface area contributed by atoms with E-state index in [1.807, 2.05) is 36.4 Å². The van der Waals surface area contributed by atoms with Crippen LogP contribution in [0.4, 0.5) is 17.1 Å². The lowest BCUT2D eigenvalue weighted by molar-refractivity contribution is -0.115. The number of aliphatic imine (C=N–C) groups is 1. The monoisotopic (exact) mass is 452 g/mol. The first kappa shape index (κ1) is 22.3. The topological polar surface area (TPSA) is 82.6 Å². The molecule has 0 aromatic heterocycles. The first-order chi connectivity index (χ1) is 15.4. The van der Waals surface area contributed by atoms with Gasteiger partial charge >= 0.3 is 0 Å². The van der Waals surface area contributed by atoms with Gasteiger partial charge in [0.05, 0.1) is 17.9 Å². The molecule has 1 heterocycles. The number of amidine groups is 1. The molecule has 168 valence electrons. The second-order valence-electron chi connectivity index (χ2n) is 8.81. The van der Waals surface area contributed by atoms with Crippen molar-refractivity contribution in [3.05, 3.63) is 52.5 Å². The van der Waals surface area contributed by atoms with Crippen LogP contribution in [0.15, 0.2) is 41.4 Å². The van der Waals surface area contributed by atoms with Crippen LogP contribution >= 0.6 is 11.6 Å². The number of benzene rings is 2. The molecule has 0 saturated heterocycles. The molecule has 1 aliphatic carbocycles. The minimum Gasteiger partial charge on any atom is -0.342 e. The van der Waals surface area contributed by atoms with Crippen molar-refractivity contribution in [2.75, 3.05) is 16.0 Å². The lowest BCUT2D eigenvalue weighted by Crippen LogP contribution is -2.44. The Labute approximate surface area is 193 Å². The highest BCUT2D eigenvalue weighted by Crippen LogP contribution is 2.49. The van der Waals surface area contributed by atoms with Gasteiger partial charge in [-0.05, 0) is 49.1 Å². The van der Waals surface area contributed by atoms with Gasteiger partial charge in [-0.15, -0.1) is 0 Å². The molecule has 1 saturated carbocycles. The number of amides is 2. The fraction of sp³-hybridized carbons (Fsp3) is 0.400. The molecule has 0 bridgehead atoms. The van der Waals surface area contributed by atoms with Crippen molar-refractivity contribution < 1.29 is 9.59 Å². The van der Waals surface area contributed by atoms with Gasteiger partial charge in [0.2, 0.25) is 11.8 Å². The van der Waals surface area contributed by atoms with Crippen LogP contribution < -0.4 is 16.0 Å². The molecule has 0 unspecified atom stereocenters. The van der Waals surface area contributed by atoms with E-state index in [1.54, 1.807) is 0 Å². The Bertz CT molecular complexity index is 1070. The van der Waals surface area contributed by atoms with Gasteiger partial charge in [-0.1, -0.05) is 43.0 Å². The number of halogens is 1.